The molecule has 3 aromatic rings. The molecule has 3 rings (SSSR count). The van der Waals surface area contributed by atoms with Crippen molar-refractivity contribution in [3.8, 4) is 17.0 Å². The topological polar surface area (TPSA) is 74.6 Å². The normalized spacial score (nSPS) is 11.5. The minimum absolute atomic E-state index is 0.0132. The number of benzene rings is 2. The van der Waals surface area contributed by atoms with Gasteiger partial charge in [0.1, 0.15) is 5.75 Å². The van der Waals surface area contributed by atoms with E-state index in [0.29, 0.717) is 17.1 Å². The van der Waals surface area contributed by atoms with Crippen molar-refractivity contribution in [2.24, 2.45) is 0 Å². The first kappa shape index (κ1) is 22.6. The summed E-state index contributed by atoms with van der Waals surface area (Å²) in [5.74, 6) is 0.108. The van der Waals surface area contributed by atoms with Gasteiger partial charge in [-0.15, -0.1) is 0 Å². The van der Waals surface area contributed by atoms with Gasteiger partial charge in [-0.1, -0.05) is 44.2 Å². The fraction of sp³-hybridized carbons (Fsp3) is 0.292. The number of esters is 1. The number of carbonyl (C=O) groups is 1. The Morgan fingerprint density at radius 3 is 2.23 bits per heavy atom. The van der Waals surface area contributed by atoms with Crippen LogP contribution < -0.4 is 4.74 Å². The van der Waals surface area contributed by atoms with Crippen LogP contribution in [-0.2, 0) is 26.0 Å². The highest BCUT2D eigenvalue weighted by Crippen LogP contribution is 2.34. The molecule has 0 spiro atoms. The fourth-order valence-electron chi connectivity index (χ4n) is 3.51. The Hall–Kier alpha value is -3.06. The third-order valence-corrected chi connectivity index (χ3v) is 6.76. The SMILES string of the molecule is CCOC(=O)Cc1c(C(C)C)cc(-c2ccccc2)n1S(=O)(=O)c1ccc(OC)cc1. The van der Waals surface area contributed by atoms with Gasteiger partial charge in [-0.25, -0.2) is 12.4 Å². The fourth-order valence-corrected chi connectivity index (χ4v) is 5.08. The lowest BCUT2D eigenvalue weighted by Crippen LogP contribution is -2.20. The summed E-state index contributed by atoms with van der Waals surface area (Å²) < 4.78 is 39.2. The molecular formula is C24H27NO5S. The van der Waals surface area contributed by atoms with Crippen LogP contribution in [0.25, 0.3) is 11.3 Å². The smallest absolute Gasteiger partial charge is 0.311 e. The molecular weight excluding hydrogens is 414 g/mol. The average Bonchev–Trinajstić information content (AvgIpc) is 3.14. The lowest BCUT2D eigenvalue weighted by Gasteiger charge is -2.16. The van der Waals surface area contributed by atoms with E-state index >= 15 is 0 Å². The zero-order valence-corrected chi connectivity index (χ0v) is 19.0. The molecule has 0 aliphatic heterocycles. The molecule has 0 saturated carbocycles. The van der Waals surface area contributed by atoms with Gasteiger partial charge in [-0.05, 0) is 54.3 Å². The maximum atomic E-state index is 13.8. The number of methoxy groups -OCH3 is 1. The van der Waals surface area contributed by atoms with Gasteiger partial charge in [-0.3, -0.25) is 4.79 Å². The van der Waals surface area contributed by atoms with Crippen molar-refractivity contribution in [1.29, 1.82) is 0 Å². The molecule has 1 aromatic heterocycles. The molecule has 164 valence electrons. The molecule has 0 atom stereocenters. The zero-order valence-electron chi connectivity index (χ0n) is 18.2. The number of nitrogens with zero attached hydrogens (tertiary/aromatic N) is 1. The van der Waals surface area contributed by atoms with E-state index in [1.807, 2.05) is 50.2 Å². The van der Waals surface area contributed by atoms with E-state index in [2.05, 4.69) is 0 Å². The molecule has 0 fully saturated rings. The minimum atomic E-state index is -3.99. The first-order valence-electron chi connectivity index (χ1n) is 10.1. The van der Waals surface area contributed by atoms with Gasteiger partial charge in [-0.2, -0.15) is 0 Å². The van der Waals surface area contributed by atoms with Crippen LogP contribution in [0, 0.1) is 0 Å². The molecule has 0 N–H and O–H groups in total. The standard InChI is InChI=1S/C24H27NO5S/c1-5-30-24(26)16-23-21(17(2)3)15-22(18-9-7-6-8-10-18)25(23)31(27,28)20-13-11-19(29-4)12-14-20/h6-15,17H,5,16H2,1-4H3. The molecule has 0 aliphatic carbocycles. The lowest BCUT2D eigenvalue weighted by molar-refractivity contribution is -0.142. The van der Waals surface area contributed by atoms with Gasteiger partial charge < -0.3 is 9.47 Å². The quantitative estimate of drug-likeness (QED) is 0.477. The zero-order chi connectivity index (χ0) is 22.6. The molecule has 0 amide bonds. The third kappa shape index (κ3) is 4.66. The molecule has 2 aromatic carbocycles. The predicted molar refractivity (Wildman–Crippen MR) is 120 cm³/mol. The molecule has 7 heteroatoms. The summed E-state index contributed by atoms with van der Waals surface area (Å²) >= 11 is 0. The molecule has 0 aliphatic rings. The number of hydrogen-bond acceptors (Lipinski definition) is 5. The summed E-state index contributed by atoms with van der Waals surface area (Å²) in [6, 6.07) is 17.4. The van der Waals surface area contributed by atoms with Crippen LogP contribution in [0.5, 0.6) is 5.75 Å². The van der Waals surface area contributed by atoms with E-state index in [1.165, 1.54) is 23.2 Å². The Bertz CT molecular complexity index is 1150. The van der Waals surface area contributed by atoms with Crippen molar-refractivity contribution in [2.75, 3.05) is 13.7 Å². The van der Waals surface area contributed by atoms with Crippen LogP contribution in [0.1, 0.15) is 37.9 Å². The van der Waals surface area contributed by atoms with Gasteiger partial charge in [0.25, 0.3) is 10.0 Å². The maximum absolute atomic E-state index is 13.8. The molecule has 6 nitrogen and oxygen atoms in total. The maximum Gasteiger partial charge on any atom is 0.311 e. The average molecular weight is 442 g/mol. The van der Waals surface area contributed by atoms with E-state index in [1.54, 1.807) is 19.1 Å². The summed E-state index contributed by atoms with van der Waals surface area (Å²) in [5.41, 5.74) is 2.48. The molecule has 31 heavy (non-hydrogen) atoms. The van der Waals surface area contributed by atoms with Crippen molar-refractivity contribution in [3.05, 3.63) is 71.9 Å². The summed E-state index contributed by atoms with van der Waals surface area (Å²) in [6.07, 6.45) is -0.135. The van der Waals surface area contributed by atoms with Gasteiger partial charge in [0.05, 0.1) is 30.7 Å². The number of ether oxygens (including phenoxy) is 2. The van der Waals surface area contributed by atoms with E-state index < -0.39 is 16.0 Å². The number of hydrogen-bond donors (Lipinski definition) is 0. The summed E-state index contributed by atoms with van der Waals surface area (Å²) in [4.78, 5) is 12.5. The molecule has 0 unspecified atom stereocenters. The van der Waals surface area contributed by atoms with Gasteiger partial charge in [0.2, 0.25) is 0 Å². The first-order chi connectivity index (χ1) is 14.8. The van der Waals surface area contributed by atoms with E-state index in [4.69, 9.17) is 9.47 Å². The van der Waals surface area contributed by atoms with Crippen LogP contribution in [0.3, 0.4) is 0 Å². The van der Waals surface area contributed by atoms with Crippen molar-refractivity contribution in [3.63, 3.8) is 0 Å². The highest BCUT2D eigenvalue weighted by atomic mass is 32.2. The van der Waals surface area contributed by atoms with Crippen molar-refractivity contribution < 1.29 is 22.7 Å². The largest absolute Gasteiger partial charge is 0.497 e. The van der Waals surface area contributed by atoms with Gasteiger partial charge in [0, 0.05) is 5.69 Å². The van der Waals surface area contributed by atoms with Crippen molar-refractivity contribution in [2.45, 2.75) is 38.0 Å². The van der Waals surface area contributed by atoms with E-state index in [0.717, 1.165) is 11.1 Å². The summed E-state index contributed by atoms with van der Waals surface area (Å²) in [7, 11) is -2.47. The Labute approximate surface area is 183 Å². The van der Waals surface area contributed by atoms with Crippen LogP contribution in [0.4, 0.5) is 0 Å². The highest BCUT2D eigenvalue weighted by Gasteiger charge is 2.29. The predicted octanol–water partition coefficient (Wildman–Crippen LogP) is 4.63. The second-order valence-electron chi connectivity index (χ2n) is 7.38. The van der Waals surface area contributed by atoms with Crippen molar-refractivity contribution in [1.82, 2.24) is 3.97 Å². The highest BCUT2D eigenvalue weighted by molar-refractivity contribution is 7.90. The summed E-state index contributed by atoms with van der Waals surface area (Å²) in [6.45, 7) is 5.91. The number of aromatic nitrogens is 1. The van der Waals surface area contributed by atoms with Crippen molar-refractivity contribution >= 4 is 16.0 Å². The van der Waals surface area contributed by atoms with Gasteiger partial charge >= 0.3 is 5.97 Å². The Kier molecular flexibility index (Phi) is 6.85. The Balaban J connectivity index is 2.29. The van der Waals surface area contributed by atoms with Crippen LogP contribution in [0.15, 0.2) is 65.6 Å². The van der Waals surface area contributed by atoms with Gasteiger partial charge in [0.15, 0.2) is 0 Å². The number of carbonyl (C=O) groups excluding carboxylic acids is 1. The minimum Gasteiger partial charge on any atom is -0.497 e. The third-order valence-electron chi connectivity index (χ3n) is 5.00. The first-order valence-corrected chi connectivity index (χ1v) is 11.6. The van der Waals surface area contributed by atoms with E-state index in [9.17, 15) is 13.2 Å². The molecule has 0 saturated heterocycles. The second-order valence-corrected chi connectivity index (χ2v) is 9.17. The Morgan fingerprint density at radius 1 is 1.03 bits per heavy atom. The van der Waals surface area contributed by atoms with Crippen LogP contribution >= 0.6 is 0 Å². The monoisotopic (exact) mass is 441 g/mol. The van der Waals surface area contributed by atoms with Crippen LogP contribution in [-0.4, -0.2) is 32.1 Å². The molecule has 0 bridgehead atoms. The Morgan fingerprint density at radius 2 is 1.68 bits per heavy atom. The lowest BCUT2D eigenvalue weighted by atomic mass is 10.0. The summed E-state index contributed by atoms with van der Waals surface area (Å²) in [5, 5.41) is 0. The number of rotatable bonds is 8. The molecule has 1 heterocycles. The second kappa shape index (κ2) is 9.39. The molecule has 0 radical (unpaired) electrons. The van der Waals surface area contributed by atoms with Crippen LogP contribution in [0.2, 0.25) is 0 Å². The van der Waals surface area contributed by atoms with E-state index in [-0.39, 0.29) is 23.8 Å².